The molecule has 0 spiro atoms. The summed E-state index contributed by atoms with van der Waals surface area (Å²) in [6, 6.07) is 9.73. The van der Waals surface area contributed by atoms with Crippen molar-refractivity contribution in [2.45, 2.75) is 33.3 Å². The van der Waals surface area contributed by atoms with Gasteiger partial charge in [-0.25, -0.2) is 0 Å². The van der Waals surface area contributed by atoms with Crippen LogP contribution in [-0.4, -0.2) is 66.0 Å². The van der Waals surface area contributed by atoms with Gasteiger partial charge in [0.25, 0.3) is 0 Å². The number of carbonyl (C=O) groups excluding carboxylic acids is 2. The van der Waals surface area contributed by atoms with E-state index in [1.807, 2.05) is 30.3 Å². The number of benzene rings is 1. The van der Waals surface area contributed by atoms with E-state index in [9.17, 15) is 14.4 Å². The van der Waals surface area contributed by atoms with Crippen molar-refractivity contribution in [3.05, 3.63) is 35.9 Å². The van der Waals surface area contributed by atoms with Crippen molar-refractivity contribution in [3.63, 3.8) is 0 Å². The molecule has 0 radical (unpaired) electrons. The van der Waals surface area contributed by atoms with Gasteiger partial charge in [-0.3, -0.25) is 14.4 Å². The first-order valence-electron chi connectivity index (χ1n) is 9.58. The molecule has 1 aromatic rings. The minimum absolute atomic E-state index is 0.0622. The van der Waals surface area contributed by atoms with E-state index in [4.69, 9.17) is 9.84 Å². The zero-order chi connectivity index (χ0) is 20.7. The SMILES string of the molecule is CN(CC(=O)N1CCCC(C(=O)O)C1)C(=O)C(C)(C)COCc1ccccc1. The van der Waals surface area contributed by atoms with Crippen LogP contribution in [0.1, 0.15) is 32.3 Å². The Labute approximate surface area is 166 Å². The van der Waals surface area contributed by atoms with Gasteiger partial charge in [0.05, 0.1) is 31.1 Å². The monoisotopic (exact) mass is 390 g/mol. The number of amides is 2. The summed E-state index contributed by atoms with van der Waals surface area (Å²) in [6.45, 7) is 4.93. The summed E-state index contributed by atoms with van der Waals surface area (Å²) < 4.78 is 5.71. The molecule has 0 saturated carbocycles. The van der Waals surface area contributed by atoms with Crippen LogP contribution in [0.3, 0.4) is 0 Å². The van der Waals surface area contributed by atoms with Gasteiger partial charge in [-0.2, -0.15) is 0 Å². The third-order valence-electron chi connectivity index (χ3n) is 5.00. The summed E-state index contributed by atoms with van der Waals surface area (Å²) in [6.07, 6.45) is 1.25. The number of aliphatic carboxylic acids is 1. The summed E-state index contributed by atoms with van der Waals surface area (Å²) in [4.78, 5) is 39.4. The number of likely N-dealkylation sites (tertiary alicyclic amines) is 1. The number of piperidine rings is 1. The zero-order valence-corrected chi connectivity index (χ0v) is 16.9. The van der Waals surface area contributed by atoms with Gasteiger partial charge < -0.3 is 19.6 Å². The molecule has 0 aliphatic carbocycles. The molecule has 0 bridgehead atoms. The van der Waals surface area contributed by atoms with E-state index in [1.54, 1.807) is 25.8 Å². The first-order valence-corrected chi connectivity index (χ1v) is 9.58. The average Bonchev–Trinajstić information content (AvgIpc) is 2.68. The van der Waals surface area contributed by atoms with Crippen LogP contribution < -0.4 is 0 Å². The molecule has 1 fully saturated rings. The Hall–Kier alpha value is -2.41. The summed E-state index contributed by atoms with van der Waals surface area (Å²) in [5, 5.41) is 9.16. The van der Waals surface area contributed by atoms with Crippen LogP contribution >= 0.6 is 0 Å². The molecule has 1 N–H and O–H groups in total. The highest BCUT2D eigenvalue weighted by Crippen LogP contribution is 2.21. The molecule has 7 heteroatoms. The minimum atomic E-state index is -0.876. The molecule has 1 aromatic carbocycles. The van der Waals surface area contributed by atoms with Crippen LogP contribution in [0.15, 0.2) is 30.3 Å². The van der Waals surface area contributed by atoms with E-state index in [0.717, 1.165) is 5.56 Å². The number of hydrogen-bond donors (Lipinski definition) is 1. The van der Waals surface area contributed by atoms with Gasteiger partial charge in [0.15, 0.2) is 0 Å². The Morgan fingerprint density at radius 3 is 2.57 bits per heavy atom. The fraction of sp³-hybridized carbons (Fsp3) is 0.571. The number of ether oxygens (including phenoxy) is 1. The number of carboxylic acids is 1. The third kappa shape index (κ3) is 6.05. The van der Waals surface area contributed by atoms with Gasteiger partial charge in [-0.1, -0.05) is 30.3 Å². The highest BCUT2D eigenvalue weighted by molar-refractivity contribution is 5.87. The van der Waals surface area contributed by atoms with Gasteiger partial charge >= 0.3 is 5.97 Å². The number of nitrogens with zero attached hydrogens (tertiary/aromatic N) is 2. The maximum absolute atomic E-state index is 12.8. The number of rotatable bonds is 8. The number of carbonyl (C=O) groups is 3. The summed E-state index contributed by atoms with van der Waals surface area (Å²) in [5.41, 5.74) is 0.266. The second kappa shape index (κ2) is 9.68. The Morgan fingerprint density at radius 1 is 1.25 bits per heavy atom. The Morgan fingerprint density at radius 2 is 1.93 bits per heavy atom. The first kappa shape index (κ1) is 21.9. The van der Waals surface area contributed by atoms with Crippen molar-refractivity contribution in [3.8, 4) is 0 Å². The quantitative estimate of drug-likeness (QED) is 0.734. The lowest BCUT2D eigenvalue weighted by Gasteiger charge is -2.33. The van der Waals surface area contributed by atoms with Crippen molar-refractivity contribution in [1.82, 2.24) is 9.80 Å². The maximum atomic E-state index is 12.8. The molecule has 2 amide bonds. The number of carboxylic acid groups (broad SMARTS) is 1. The van der Waals surface area contributed by atoms with Crippen LogP contribution in [0, 0.1) is 11.3 Å². The van der Waals surface area contributed by atoms with Crippen molar-refractivity contribution in [2.24, 2.45) is 11.3 Å². The highest BCUT2D eigenvalue weighted by Gasteiger charge is 2.33. The smallest absolute Gasteiger partial charge is 0.308 e. The fourth-order valence-corrected chi connectivity index (χ4v) is 3.36. The lowest BCUT2D eigenvalue weighted by molar-refractivity contribution is -0.150. The van der Waals surface area contributed by atoms with Crippen LogP contribution in [-0.2, 0) is 25.7 Å². The second-order valence-electron chi connectivity index (χ2n) is 8.04. The molecule has 0 aromatic heterocycles. The Balaban J connectivity index is 1.84. The van der Waals surface area contributed by atoms with Crippen LogP contribution in [0.2, 0.25) is 0 Å². The normalized spacial score (nSPS) is 17.2. The topological polar surface area (TPSA) is 87.2 Å². The number of hydrogen-bond acceptors (Lipinski definition) is 4. The molecule has 154 valence electrons. The predicted octanol–water partition coefficient (Wildman–Crippen LogP) is 2.01. The summed E-state index contributed by atoms with van der Waals surface area (Å²) in [5.74, 6) is -1.80. The van der Waals surface area contributed by atoms with Crippen molar-refractivity contribution in [1.29, 1.82) is 0 Å². The molecule has 1 aliphatic heterocycles. The summed E-state index contributed by atoms with van der Waals surface area (Å²) in [7, 11) is 1.60. The van der Waals surface area contributed by atoms with E-state index in [-0.39, 0.29) is 31.5 Å². The van der Waals surface area contributed by atoms with E-state index in [0.29, 0.717) is 26.0 Å². The molecule has 7 nitrogen and oxygen atoms in total. The van der Waals surface area contributed by atoms with E-state index < -0.39 is 17.3 Å². The molecule has 1 unspecified atom stereocenters. The Kier molecular flexibility index (Phi) is 7.57. The second-order valence-corrected chi connectivity index (χ2v) is 8.04. The molecule has 1 atom stereocenters. The van der Waals surface area contributed by atoms with Gasteiger partial charge in [-0.05, 0) is 32.3 Å². The molecular weight excluding hydrogens is 360 g/mol. The predicted molar refractivity (Wildman–Crippen MR) is 104 cm³/mol. The minimum Gasteiger partial charge on any atom is -0.481 e. The van der Waals surface area contributed by atoms with Gasteiger partial charge in [-0.15, -0.1) is 0 Å². The molecule has 1 aliphatic rings. The average molecular weight is 390 g/mol. The van der Waals surface area contributed by atoms with Gasteiger partial charge in [0, 0.05) is 20.1 Å². The lowest BCUT2D eigenvalue weighted by atomic mass is 9.92. The molecule has 2 rings (SSSR count). The van der Waals surface area contributed by atoms with Gasteiger partial charge in [0.2, 0.25) is 11.8 Å². The van der Waals surface area contributed by atoms with E-state index >= 15 is 0 Å². The number of likely N-dealkylation sites (N-methyl/N-ethyl adjacent to an activating group) is 1. The molecule has 28 heavy (non-hydrogen) atoms. The largest absolute Gasteiger partial charge is 0.481 e. The first-order chi connectivity index (χ1) is 13.2. The zero-order valence-electron chi connectivity index (χ0n) is 16.9. The van der Waals surface area contributed by atoms with Crippen molar-refractivity contribution in [2.75, 3.05) is 33.3 Å². The summed E-state index contributed by atoms with van der Waals surface area (Å²) >= 11 is 0. The molecular formula is C21H30N2O5. The molecule has 1 saturated heterocycles. The third-order valence-corrected chi connectivity index (χ3v) is 5.00. The van der Waals surface area contributed by atoms with Crippen molar-refractivity contribution < 1.29 is 24.2 Å². The van der Waals surface area contributed by atoms with Crippen LogP contribution in [0.4, 0.5) is 0 Å². The van der Waals surface area contributed by atoms with Gasteiger partial charge in [0.1, 0.15) is 0 Å². The van der Waals surface area contributed by atoms with E-state index in [2.05, 4.69) is 0 Å². The fourth-order valence-electron chi connectivity index (χ4n) is 3.36. The van der Waals surface area contributed by atoms with Crippen LogP contribution in [0.5, 0.6) is 0 Å². The maximum Gasteiger partial charge on any atom is 0.308 e. The van der Waals surface area contributed by atoms with Crippen LogP contribution in [0.25, 0.3) is 0 Å². The van der Waals surface area contributed by atoms with Crippen molar-refractivity contribution >= 4 is 17.8 Å². The Bertz CT molecular complexity index is 689. The van der Waals surface area contributed by atoms with E-state index in [1.165, 1.54) is 4.90 Å². The molecule has 1 heterocycles. The highest BCUT2D eigenvalue weighted by atomic mass is 16.5. The standard InChI is InChI=1S/C21H30N2O5/c1-21(2,15-28-14-16-8-5-4-6-9-16)20(27)22(3)13-18(24)23-11-7-10-17(12-23)19(25)26/h4-6,8-9,17H,7,10-15H2,1-3H3,(H,25,26). The lowest BCUT2D eigenvalue weighted by Crippen LogP contribution is -2.49.